The van der Waals surface area contributed by atoms with Gasteiger partial charge >= 0.3 is 0 Å². The van der Waals surface area contributed by atoms with E-state index >= 15 is 0 Å². The quantitative estimate of drug-likeness (QED) is 0.418. The molecule has 0 amide bonds. The molecule has 1 aromatic heterocycles. The fourth-order valence-electron chi connectivity index (χ4n) is 1.05. The van der Waals surface area contributed by atoms with Gasteiger partial charge in [0.25, 0.3) is 0 Å². The molecule has 0 spiro atoms. The molecule has 1 atom stereocenters. The Kier molecular flexibility index (Phi) is 4.97. The van der Waals surface area contributed by atoms with E-state index < -0.39 is 0 Å². The summed E-state index contributed by atoms with van der Waals surface area (Å²) in [5.41, 5.74) is 2.75. The second kappa shape index (κ2) is 6.07. The average molecular weight is 200 g/mol. The molecular weight excluding hydrogens is 184 g/mol. The summed E-state index contributed by atoms with van der Waals surface area (Å²) in [5.74, 6) is 8.45. The summed E-state index contributed by atoms with van der Waals surface area (Å²) in [6, 6.07) is 3.95. The van der Waals surface area contributed by atoms with Crippen LogP contribution >= 0.6 is 11.8 Å². The van der Waals surface area contributed by atoms with Crippen LogP contribution in [0.1, 0.15) is 25.1 Å². The molecule has 0 saturated heterocycles. The third kappa shape index (κ3) is 3.42. The largest absolute Gasteiger partial charge is 0.468 e. The Morgan fingerprint density at radius 3 is 3.08 bits per heavy atom. The first-order valence-corrected chi connectivity index (χ1v) is 5.61. The van der Waals surface area contributed by atoms with Gasteiger partial charge in [-0.15, -0.1) is 0 Å². The van der Waals surface area contributed by atoms with Gasteiger partial charge in [0.1, 0.15) is 5.76 Å². The first-order chi connectivity index (χ1) is 6.38. The van der Waals surface area contributed by atoms with Crippen molar-refractivity contribution < 1.29 is 4.42 Å². The summed E-state index contributed by atoms with van der Waals surface area (Å²) in [6.07, 6.45) is 2.87. The lowest BCUT2D eigenvalue weighted by atomic mass is 10.3. The topological polar surface area (TPSA) is 51.2 Å². The molecule has 1 heterocycles. The van der Waals surface area contributed by atoms with Crippen LogP contribution < -0.4 is 11.3 Å². The molecule has 13 heavy (non-hydrogen) atoms. The maximum atomic E-state index is 5.42. The van der Waals surface area contributed by atoms with Crippen LogP contribution in [0.5, 0.6) is 0 Å². The van der Waals surface area contributed by atoms with Crippen LogP contribution in [0.25, 0.3) is 0 Å². The van der Waals surface area contributed by atoms with Crippen molar-refractivity contribution in [2.24, 2.45) is 5.84 Å². The van der Waals surface area contributed by atoms with Gasteiger partial charge in [-0.05, 0) is 24.3 Å². The zero-order valence-electron chi connectivity index (χ0n) is 7.82. The van der Waals surface area contributed by atoms with Gasteiger partial charge in [-0.3, -0.25) is 5.84 Å². The third-order valence-corrected chi connectivity index (χ3v) is 2.99. The molecular formula is C9H16N2OS. The lowest BCUT2D eigenvalue weighted by molar-refractivity contribution is 0.440. The van der Waals surface area contributed by atoms with Crippen LogP contribution in [-0.4, -0.2) is 11.5 Å². The SMILES string of the molecule is CCCSCC(NN)c1ccco1. The van der Waals surface area contributed by atoms with Gasteiger partial charge in [0, 0.05) is 5.75 Å². The van der Waals surface area contributed by atoms with Crippen LogP contribution in [0.3, 0.4) is 0 Å². The number of rotatable bonds is 6. The fraction of sp³-hybridized carbons (Fsp3) is 0.556. The summed E-state index contributed by atoms with van der Waals surface area (Å²) >= 11 is 1.88. The zero-order chi connectivity index (χ0) is 9.52. The van der Waals surface area contributed by atoms with E-state index in [4.69, 9.17) is 10.3 Å². The zero-order valence-corrected chi connectivity index (χ0v) is 8.64. The van der Waals surface area contributed by atoms with Crippen LogP contribution in [-0.2, 0) is 0 Å². The lowest BCUT2D eigenvalue weighted by Gasteiger charge is -2.11. The molecule has 0 aliphatic heterocycles. The number of nitrogens with one attached hydrogen (secondary N) is 1. The van der Waals surface area contributed by atoms with E-state index in [1.807, 2.05) is 23.9 Å². The monoisotopic (exact) mass is 200 g/mol. The van der Waals surface area contributed by atoms with Crippen molar-refractivity contribution in [3.8, 4) is 0 Å². The molecule has 3 N–H and O–H groups in total. The molecule has 1 unspecified atom stereocenters. The van der Waals surface area contributed by atoms with Gasteiger partial charge in [-0.1, -0.05) is 6.92 Å². The van der Waals surface area contributed by atoms with E-state index in [-0.39, 0.29) is 6.04 Å². The fourth-order valence-corrected chi connectivity index (χ4v) is 2.00. The number of furan rings is 1. The highest BCUT2D eigenvalue weighted by Crippen LogP contribution is 2.18. The van der Waals surface area contributed by atoms with Crippen molar-refractivity contribution in [2.75, 3.05) is 11.5 Å². The van der Waals surface area contributed by atoms with Crippen molar-refractivity contribution in [3.63, 3.8) is 0 Å². The van der Waals surface area contributed by atoms with Crippen molar-refractivity contribution in [1.29, 1.82) is 0 Å². The predicted octanol–water partition coefficient (Wildman–Crippen LogP) is 1.93. The maximum Gasteiger partial charge on any atom is 0.122 e. The molecule has 3 nitrogen and oxygen atoms in total. The van der Waals surface area contributed by atoms with E-state index in [9.17, 15) is 0 Å². The van der Waals surface area contributed by atoms with E-state index in [0.717, 1.165) is 11.5 Å². The van der Waals surface area contributed by atoms with Crippen LogP contribution in [0, 0.1) is 0 Å². The first-order valence-electron chi connectivity index (χ1n) is 4.45. The first kappa shape index (κ1) is 10.6. The van der Waals surface area contributed by atoms with Gasteiger partial charge in [0.2, 0.25) is 0 Å². The highest BCUT2D eigenvalue weighted by molar-refractivity contribution is 7.99. The molecule has 0 aliphatic rings. The average Bonchev–Trinajstić information content (AvgIpc) is 2.65. The molecule has 1 aromatic rings. The Bertz CT molecular complexity index is 213. The minimum Gasteiger partial charge on any atom is -0.468 e. The summed E-state index contributed by atoms with van der Waals surface area (Å²) in [7, 11) is 0. The van der Waals surface area contributed by atoms with Crippen LogP contribution in [0.4, 0.5) is 0 Å². The minimum atomic E-state index is 0.131. The van der Waals surface area contributed by atoms with E-state index in [0.29, 0.717) is 0 Å². The Hall–Kier alpha value is -0.450. The minimum absolute atomic E-state index is 0.131. The Labute approximate surface area is 83.0 Å². The number of hydrogen-bond donors (Lipinski definition) is 2. The van der Waals surface area contributed by atoms with Gasteiger partial charge in [0.05, 0.1) is 12.3 Å². The second-order valence-electron chi connectivity index (χ2n) is 2.81. The molecule has 4 heteroatoms. The molecule has 0 fully saturated rings. The number of nitrogens with two attached hydrogens (primary N) is 1. The highest BCUT2D eigenvalue weighted by atomic mass is 32.2. The summed E-state index contributed by atoms with van der Waals surface area (Å²) in [4.78, 5) is 0. The van der Waals surface area contributed by atoms with E-state index in [1.54, 1.807) is 6.26 Å². The molecule has 0 radical (unpaired) electrons. The van der Waals surface area contributed by atoms with Crippen LogP contribution in [0.2, 0.25) is 0 Å². The van der Waals surface area contributed by atoms with Gasteiger partial charge in [0.15, 0.2) is 0 Å². The summed E-state index contributed by atoms with van der Waals surface area (Å²) < 4.78 is 5.26. The summed E-state index contributed by atoms with van der Waals surface area (Å²) in [5, 5.41) is 0. The predicted molar refractivity (Wildman–Crippen MR) is 56.4 cm³/mol. The number of hydrogen-bond acceptors (Lipinski definition) is 4. The Balaban J connectivity index is 2.35. The summed E-state index contributed by atoms with van der Waals surface area (Å²) in [6.45, 7) is 2.17. The highest BCUT2D eigenvalue weighted by Gasteiger charge is 2.11. The maximum absolute atomic E-state index is 5.42. The van der Waals surface area contributed by atoms with Crippen molar-refractivity contribution in [1.82, 2.24) is 5.43 Å². The number of hydrazine groups is 1. The smallest absolute Gasteiger partial charge is 0.122 e. The van der Waals surface area contributed by atoms with Crippen LogP contribution in [0.15, 0.2) is 22.8 Å². The second-order valence-corrected chi connectivity index (χ2v) is 3.96. The normalized spacial score (nSPS) is 13.1. The van der Waals surface area contributed by atoms with Crippen molar-refractivity contribution in [2.45, 2.75) is 19.4 Å². The van der Waals surface area contributed by atoms with Crippen molar-refractivity contribution in [3.05, 3.63) is 24.2 Å². The van der Waals surface area contributed by atoms with Gasteiger partial charge < -0.3 is 4.42 Å². The molecule has 74 valence electrons. The molecule has 0 bridgehead atoms. The standard InChI is InChI=1S/C9H16N2OS/c1-2-6-13-7-8(11-10)9-4-3-5-12-9/h3-5,8,11H,2,6-7,10H2,1H3. The Morgan fingerprint density at radius 2 is 2.54 bits per heavy atom. The van der Waals surface area contributed by atoms with Crippen molar-refractivity contribution >= 4 is 11.8 Å². The third-order valence-electron chi connectivity index (χ3n) is 1.72. The Morgan fingerprint density at radius 1 is 1.69 bits per heavy atom. The molecule has 1 rings (SSSR count). The van der Waals surface area contributed by atoms with Gasteiger partial charge in [-0.2, -0.15) is 11.8 Å². The van der Waals surface area contributed by atoms with E-state index in [1.165, 1.54) is 12.2 Å². The number of thioether (sulfide) groups is 1. The lowest BCUT2D eigenvalue weighted by Crippen LogP contribution is -2.29. The molecule has 0 aliphatic carbocycles. The molecule has 0 aromatic carbocycles. The van der Waals surface area contributed by atoms with Gasteiger partial charge in [-0.25, -0.2) is 5.43 Å². The molecule has 0 saturated carbocycles. The van der Waals surface area contributed by atoms with E-state index in [2.05, 4.69) is 12.3 Å².